The van der Waals surface area contributed by atoms with Crippen molar-refractivity contribution in [2.45, 2.75) is 25.8 Å². The Morgan fingerprint density at radius 2 is 1.72 bits per heavy atom. The summed E-state index contributed by atoms with van der Waals surface area (Å²) < 4.78 is 5.70. The van der Waals surface area contributed by atoms with Crippen LogP contribution in [0.4, 0.5) is 0 Å². The van der Waals surface area contributed by atoms with Gasteiger partial charge in [-0.25, -0.2) is 4.57 Å². The van der Waals surface area contributed by atoms with Crippen molar-refractivity contribution in [2.75, 3.05) is 27.7 Å². The third-order valence-corrected chi connectivity index (χ3v) is 4.89. The van der Waals surface area contributed by atoms with Crippen LogP contribution in [0.15, 0.2) is 54.9 Å². The Bertz CT molecular complexity index is 840. The molecule has 0 aliphatic heterocycles. The summed E-state index contributed by atoms with van der Waals surface area (Å²) in [4.78, 5) is 0. The highest BCUT2D eigenvalue weighted by Crippen LogP contribution is 2.21. The van der Waals surface area contributed by atoms with Crippen molar-refractivity contribution >= 4 is 10.9 Å². The summed E-state index contributed by atoms with van der Waals surface area (Å²) in [5.74, 6) is 0. The van der Waals surface area contributed by atoms with Crippen LogP contribution in [-0.2, 0) is 26.4 Å². The van der Waals surface area contributed by atoms with Crippen molar-refractivity contribution in [3.8, 4) is 0 Å². The molecule has 0 unspecified atom stereocenters. The molecule has 25 heavy (non-hydrogen) atoms. The SMILES string of the molecule is Cn1cc(CCc2cccc[n+]2CCC[N+](C)(C)C)c2ccccc21. The molecule has 0 saturated heterocycles. The average molecular weight is 338 g/mol. The standard InChI is InChI=1S/C22H31N3/c1-23-18-19(21-11-5-6-12-22(21)23)13-14-20-10-7-8-15-24(20)16-9-17-25(2,3)4/h5-8,10-12,15,18H,9,13-14,16-17H2,1-4H3/q+2. The van der Waals surface area contributed by atoms with Crippen LogP contribution in [0.3, 0.4) is 0 Å². The van der Waals surface area contributed by atoms with Crippen molar-refractivity contribution in [3.05, 3.63) is 66.1 Å². The third-order valence-electron chi connectivity index (χ3n) is 4.89. The number of aryl methyl sites for hydroxylation is 4. The Hall–Kier alpha value is -2.13. The van der Waals surface area contributed by atoms with Gasteiger partial charge in [0.2, 0.25) is 0 Å². The van der Waals surface area contributed by atoms with Gasteiger partial charge in [-0.3, -0.25) is 0 Å². The molecule has 2 aromatic heterocycles. The minimum atomic E-state index is 1.03. The fraction of sp³-hybridized carbons (Fsp3) is 0.409. The molecule has 0 amide bonds. The molecule has 2 heterocycles. The van der Waals surface area contributed by atoms with Gasteiger partial charge in [-0.05, 0) is 18.1 Å². The molecule has 0 atom stereocenters. The molecule has 0 bridgehead atoms. The van der Waals surface area contributed by atoms with Gasteiger partial charge < -0.3 is 9.05 Å². The maximum Gasteiger partial charge on any atom is 0.181 e. The normalized spacial score (nSPS) is 12.0. The van der Waals surface area contributed by atoms with E-state index in [4.69, 9.17) is 0 Å². The molecule has 3 rings (SSSR count). The largest absolute Gasteiger partial charge is 0.350 e. The Kier molecular flexibility index (Phi) is 5.24. The summed E-state index contributed by atoms with van der Waals surface area (Å²) in [6.07, 6.45) is 7.89. The number of quaternary nitrogens is 1. The number of rotatable bonds is 7. The molecule has 3 heteroatoms. The third kappa shape index (κ3) is 4.49. The average Bonchev–Trinajstić information content (AvgIpc) is 2.89. The molecule has 0 spiro atoms. The molecule has 3 nitrogen and oxygen atoms in total. The van der Waals surface area contributed by atoms with Gasteiger partial charge in [0.25, 0.3) is 0 Å². The van der Waals surface area contributed by atoms with Crippen LogP contribution in [0.5, 0.6) is 0 Å². The fourth-order valence-corrected chi connectivity index (χ4v) is 3.56. The lowest BCUT2D eigenvalue weighted by atomic mass is 10.1. The van der Waals surface area contributed by atoms with E-state index in [2.05, 4.69) is 92.2 Å². The van der Waals surface area contributed by atoms with Crippen molar-refractivity contribution < 1.29 is 9.05 Å². The van der Waals surface area contributed by atoms with Gasteiger partial charge in [0.05, 0.1) is 34.1 Å². The molecule has 1 aromatic carbocycles. The number of hydrogen-bond acceptors (Lipinski definition) is 0. The van der Waals surface area contributed by atoms with Gasteiger partial charge in [-0.1, -0.05) is 24.3 Å². The van der Waals surface area contributed by atoms with Gasteiger partial charge in [-0.15, -0.1) is 0 Å². The zero-order valence-corrected chi connectivity index (χ0v) is 16.1. The first-order valence-electron chi connectivity index (χ1n) is 9.25. The minimum absolute atomic E-state index is 1.03. The summed E-state index contributed by atoms with van der Waals surface area (Å²) >= 11 is 0. The van der Waals surface area contributed by atoms with Crippen molar-refractivity contribution in [1.82, 2.24) is 4.57 Å². The quantitative estimate of drug-likeness (QED) is 0.462. The van der Waals surface area contributed by atoms with E-state index < -0.39 is 0 Å². The first-order chi connectivity index (χ1) is 11.9. The first-order valence-corrected chi connectivity index (χ1v) is 9.25. The zero-order valence-electron chi connectivity index (χ0n) is 16.1. The van der Waals surface area contributed by atoms with E-state index in [-0.39, 0.29) is 0 Å². The van der Waals surface area contributed by atoms with Crippen LogP contribution >= 0.6 is 0 Å². The lowest BCUT2D eigenvalue weighted by Crippen LogP contribution is -2.42. The van der Waals surface area contributed by atoms with Crippen LogP contribution < -0.4 is 4.57 Å². The molecule has 3 aromatic rings. The number of fused-ring (bicyclic) bond motifs is 1. The molecule has 0 radical (unpaired) electrons. The number of benzene rings is 1. The second-order valence-corrected chi connectivity index (χ2v) is 8.04. The number of para-hydroxylation sites is 1. The molecule has 132 valence electrons. The highest BCUT2D eigenvalue weighted by atomic mass is 15.3. The topological polar surface area (TPSA) is 8.81 Å². The maximum atomic E-state index is 2.43. The van der Waals surface area contributed by atoms with Gasteiger partial charge in [-0.2, -0.15) is 0 Å². The van der Waals surface area contributed by atoms with E-state index in [0.717, 1.165) is 23.9 Å². The summed E-state index contributed by atoms with van der Waals surface area (Å²) in [6.45, 7) is 2.30. The highest BCUT2D eigenvalue weighted by molar-refractivity contribution is 5.83. The summed E-state index contributed by atoms with van der Waals surface area (Å²) in [6, 6.07) is 15.3. The lowest BCUT2D eigenvalue weighted by molar-refractivity contribution is -0.873. The smallest absolute Gasteiger partial charge is 0.181 e. The van der Waals surface area contributed by atoms with Crippen molar-refractivity contribution in [3.63, 3.8) is 0 Å². The van der Waals surface area contributed by atoms with Crippen molar-refractivity contribution in [2.24, 2.45) is 7.05 Å². The molecular weight excluding hydrogens is 306 g/mol. The minimum Gasteiger partial charge on any atom is -0.350 e. The van der Waals surface area contributed by atoms with Crippen LogP contribution in [-0.4, -0.2) is 36.7 Å². The predicted molar refractivity (Wildman–Crippen MR) is 104 cm³/mol. The second-order valence-electron chi connectivity index (χ2n) is 8.04. The molecule has 0 N–H and O–H groups in total. The van der Waals surface area contributed by atoms with Gasteiger partial charge in [0, 0.05) is 42.7 Å². The molecule has 0 aliphatic rings. The van der Waals surface area contributed by atoms with Crippen LogP contribution in [0.2, 0.25) is 0 Å². The molecule has 0 fully saturated rings. The Morgan fingerprint density at radius 3 is 2.52 bits per heavy atom. The fourth-order valence-electron chi connectivity index (χ4n) is 3.56. The lowest BCUT2D eigenvalue weighted by Gasteiger charge is -2.23. The van der Waals surface area contributed by atoms with Crippen LogP contribution in [0.25, 0.3) is 10.9 Å². The highest BCUT2D eigenvalue weighted by Gasteiger charge is 2.14. The van der Waals surface area contributed by atoms with Gasteiger partial charge >= 0.3 is 0 Å². The van der Waals surface area contributed by atoms with Gasteiger partial charge in [0.1, 0.15) is 0 Å². The zero-order chi connectivity index (χ0) is 17.9. The van der Waals surface area contributed by atoms with E-state index in [1.807, 2.05) is 0 Å². The summed E-state index contributed by atoms with van der Waals surface area (Å²) in [5, 5.41) is 1.39. The molecule has 0 aliphatic carbocycles. The van der Waals surface area contributed by atoms with E-state index in [1.165, 1.54) is 35.1 Å². The predicted octanol–water partition coefficient (Wildman–Crippen LogP) is 3.35. The van der Waals surface area contributed by atoms with Crippen LogP contribution in [0, 0.1) is 0 Å². The van der Waals surface area contributed by atoms with E-state index in [0.29, 0.717) is 0 Å². The Morgan fingerprint density at radius 1 is 0.960 bits per heavy atom. The van der Waals surface area contributed by atoms with Crippen LogP contribution in [0.1, 0.15) is 17.7 Å². The molecule has 0 saturated carbocycles. The second kappa shape index (κ2) is 7.40. The Labute approximate surface area is 151 Å². The van der Waals surface area contributed by atoms with E-state index >= 15 is 0 Å². The van der Waals surface area contributed by atoms with Crippen molar-refractivity contribution in [1.29, 1.82) is 0 Å². The Balaban J connectivity index is 1.70. The molecular formula is C22H31N3+2. The summed E-state index contributed by atoms with van der Waals surface area (Å²) in [7, 11) is 8.92. The van der Waals surface area contributed by atoms with E-state index in [9.17, 15) is 0 Å². The number of nitrogens with zero attached hydrogens (tertiary/aromatic N) is 3. The summed E-state index contributed by atoms with van der Waals surface area (Å²) in [5.41, 5.74) is 4.19. The monoisotopic (exact) mass is 337 g/mol. The van der Waals surface area contributed by atoms with E-state index in [1.54, 1.807) is 0 Å². The first kappa shape index (κ1) is 17.7. The number of hydrogen-bond donors (Lipinski definition) is 0. The van der Waals surface area contributed by atoms with Gasteiger partial charge in [0.15, 0.2) is 18.4 Å². The number of pyridine rings is 1. The maximum absolute atomic E-state index is 2.43. The number of aromatic nitrogens is 2.